The fraction of sp³-hybridized carbons (Fsp3) is 0.438. The van der Waals surface area contributed by atoms with Crippen LogP contribution in [0.3, 0.4) is 0 Å². The van der Waals surface area contributed by atoms with Crippen molar-refractivity contribution >= 4 is 17.9 Å². The summed E-state index contributed by atoms with van der Waals surface area (Å²) in [7, 11) is 0. The van der Waals surface area contributed by atoms with E-state index in [1.54, 1.807) is 0 Å². The molecular formula is C16H20F6N4O4. The van der Waals surface area contributed by atoms with E-state index in [-0.39, 0.29) is 0 Å². The molecule has 0 aromatic heterocycles. The third-order valence-corrected chi connectivity index (χ3v) is 3.49. The number of aliphatic carboxylic acids is 2. The molecule has 0 amide bonds. The second-order valence-corrected chi connectivity index (χ2v) is 5.81. The minimum absolute atomic E-state index is 0.694. The van der Waals surface area contributed by atoms with Crippen LogP contribution in [0.15, 0.2) is 30.3 Å². The first-order chi connectivity index (χ1) is 13.6. The Kier molecular flexibility index (Phi) is 10.8. The lowest BCUT2D eigenvalue weighted by atomic mass is 10.2. The van der Waals surface area contributed by atoms with Crippen LogP contribution >= 0.6 is 0 Å². The van der Waals surface area contributed by atoms with E-state index >= 15 is 0 Å². The molecule has 1 fully saturated rings. The largest absolute Gasteiger partial charge is 0.542 e. The Hall–Kier alpha value is -2.87. The summed E-state index contributed by atoms with van der Waals surface area (Å²) in [6.07, 6.45) is -10.4. The van der Waals surface area contributed by atoms with Crippen molar-refractivity contribution < 1.29 is 56.5 Å². The van der Waals surface area contributed by atoms with Gasteiger partial charge in [-0.1, -0.05) is 30.3 Å². The molecule has 0 unspecified atom stereocenters. The first kappa shape index (κ1) is 27.1. The molecule has 1 saturated heterocycles. The summed E-state index contributed by atoms with van der Waals surface area (Å²) in [6, 6.07) is 10.6. The van der Waals surface area contributed by atoms with E-state index in [4.69, 9.17) is 25.5 Å². The second-order valence-electron chi connectivity index (χ2n) is 5.81. The molecular weight excluding hydrogens is 426 g/mol. The van der Waals surface area contributed by atoms with Gasteiger partial charge in [0.1, 0.15) is 25.0 Å². The molecule has 14 heteroatoms. The molecule has 0 aliphatic carbocycles. The maximum atomic E-state index is 10.5. The third-order valence-electron chi connectivity index (χ3n) is 3.49. The van der Waals surface area contributed by atoms with Crippen molar-refractivity contribution in [1.82, 2.24) is 4.90 Å². The van der Waals surface area contributed by atoms with Crippen LogP contribution in [-0.2, 0) is 16.1 Å². The third kappa shape index (κ3) is 11.9. The summed E-state index contributed by atoms with van der Waals surface area (Å²) >= 11 is 0. The molecule has 1 aromatic rings. The van der Waals surface area contributed by atoms with E-state index in [0.29, 0.717) is 5.96 Å². The molecule has 8 nitrogen and oxygen atoms in total. The van der Waals surface area contributed by atoms with Gasteiger partial charge in [0, 0.05) is 19.6 Å². The molecule has 1 aromatic carbocycles. The average Bonchev–Trinajstić information content (AvgIpc) is 2.62. The van der Waals surface area contributed by atoms with Gasteiger partial charge in [0.25, 0.3) is 0 Å². The highest BCUT2D eigenvalue weighted by atomic mass is 19.4. The Morgan fingerprint density at radius 2 is 1.33 bits per heavy atom. The second kappa shape index (κ2) is 12.0. The number of nitrogens with zero attached hydrogens (tertiary/aromatic N) is 2. The summed E-state index contributed by atoms with van der Waals surface area (Å²) in [5, 5.41) is 17.6. The van der Waals surface area contributed by atoms with Gasteiger partial charge >= 0.3 is 18.3 Å². The molecule has 0 saturated carbocycles. The standard InChI is InChI=1S/C12H18N4.2C2HF3O2/c13-12(14)16-8-6-15(7-9-16)10-11-4-2-1-3-5-11;2*3-2(4,5)1(6)7/h1-5H,6-10H2,(H3,13,14);2*(H,6,7). The van der Waals surface area contributed by atoms with E-state index in [2.05, 4.69) is 45.5 Å². The lowest BCUT2D eigenvalue weighted by Gasteiger charge is -2.26. The number of hydrogen-bond donors (Lipinski definition) is 2. The number of benzene rings is 1. The number of alkyl halides is 6. The topological polar surface area (TPSA) is 140 Å². The van der Waals surface area contributed by atoms with Gasteiger partial charge in [-0.05, 0) is 5.56 Å². The summed E-state index contributed by atoms with van der Waals surface area (Å²) in [5.41, 5.74) is 10.8. The first-order valence-corrected chi connectivity index (χ1v) is 8.16. The Balaban J connectivity index is 0.000000503. The number of carboxylic acids is 2. The first-order valence-electron chi connectivity index (χ1n) is 8.16. The van der Waals surface area contributed by atoms with Crippen molar-refractivity contribution in [2.45, 2.75) is 18.9 Å². The van der Waals surface area contributed by atoms with Gasteiger partial charge in [-0.25, -0.2) is 10.3 Å². The van der Waals surface area contributed by atoms with Gasteiger partial charge in [-0.3, -0.25) is 10.6 Å². The van der Waals surface area contributed by atoms with Crippen molar-refractivity contribution in [3.8, 4) is 0 Å². The van der Waals surface area contributed by atoms with Gasteiger partial charge in [-0.2, -0.15) is 26.3 Å². The molecule has 30 heavy (non-hydrogen) atoms. The lowest BCUT2D eigenvalue weighted by Crippen LogP contribution is -2.67. The Morgan fingerprint density at radius 1 is 0.967 bits per heavy atom. The number of guanidine groups is 1. The van der Waals surface area contributed by atoms with Crippen molar-refractivity contribution in [3.05, 3.63) is 35.9 Å². The lowest BCUT2D eigenvalue weighted by molar-refractivity contribution is -0.572. The molecule has 170 valence electrons. The predicted molar refractivity (Wildman–Crippen MR) is 85.9 cm³/mol. The van der Waals surface area contributed by atoms with E-state index in [0.717, 1.165) is 32.7 Å². The fourth-order valence-corrected chi connectivity index (χ4v) is 2.03. The van der Waals surface area contributed by atoms with E-state index in [1.807, 2.05) is 0 Å². The number of nitrogens with two attached hydrogens (primary N) is 1. The zero-order valence-corrected chi connectivity index (χ0v) is 15.5. The van der Waals surface area contributed by atoms with E-state index in [1.165, 1.54) is 5.56 Å². The molecule has 1 heterocycles. The van der Waals surface area contributed by atoms with Crippen LogP contribution < -0.4 is 21.7 Å². The number of carbonyl (C=O) groups excluding carboxylic acids is 2. The SMILES string of the molecule is NC([NH3+])=[N+]1CCN(Cc2ccccc2)CC1.O=C([O-])C(F)(F)F.O=C([O-])C(F)(F)F. The Morgan fingerprint density at radius 3 is 1.63 bits per heavy atom. The predicted octanol–water partition coefficient (Wildman–Crippen LogP) is -2.33. The van der Waals surface area contributed by atoms with Crippen LogP contribution in [0.5, 0.6) is 0 Å². The summed E-state index contributed by atoms with van der Waals surface area (Å²) < 4.78 is 65.2. The van der Waals surface area contributed by atoms with E-state index in [9.17, 15) is 26.3 Å². The van der Waals surface area contributed by atoms with Crippen LogP contribution in [0.4, 0.5) is 26.3 Å². The molecule has 1 aliphatic rings. The number of hydrogen-bond acceptors (Lipinski definition) is 5. The van der Waals surface area contributed by atoms with Gasteiger partial charge in [-0.15, -0.1) is 0 Å². The molecule has 1 aliphatic heterocycles. The van der Waals surface area contributed by atoms with Gasteiger partial charge < -0.3 is 19.8 Å². The fourth-order valence-electron chi connectivity index (χ4n) is 2.03. The van der Waals surface area contributed by atoms with Gasteiger partial charge in [0.2, 0.25) is 0 Å². The minimum Gasteiger partial charge on any atom is -0.542 e. The Labute approximate surface area is 167 Å². The normalized spacial score (nSPS) is 14.6. The number of carboxylic acid groups (broad SMARTS) is 2. The Bertz CT molecular complexity index is 685. The van der Waals surface area contributed by atoms with Crippen LogP contribution in [0.1, 0.15) is 5.56 Å². The van der Waals surface area contributed by atoms with Crippen LogP contribution in [0, 0.1) is 0 Å². The number of quaternary nitrogens is 1. The zero-order valence-electron chi connectivity index (χ0n) is 15.5. The molecule has 5 N–H and O–H groups in total. The minimum atomic E-state index is -5.19. The van der Waals surface area contributed by atoms with Crippen LogP contribution in [-0.4, -0.2) is 65.9 Å². The zero-order chi connectivity index (χ0) is 23.5. The molecule has 0 bridgehead atoms. The quantitative estimate of drug-likeness (QED) is 0.297. The van der Waals surface area contributed by atoms with Crippen LogP contribution in [0.25, 0.3) is 0 Å². The molecule has 0 atom stereocenters. The number of piperazine rings is 1. The highest BCUT2D eigenvalue weighted by Crippen LogP contribution is 2.12. The number of carbonyl (C=O) groups is 2. The van der Waals surface area contributed by atoms with Crippen molar-refractivity contribution in [2.75, 3.05) is 26.2 Å². The molecule has 0 spiro atoms. The van der Waals surface area contributed by atoms with Crippen molar-refractivity contribution in [2.24, 2.45) is 5.73 Å². The number of rotatable bonds is 2. The summed E-state index contributed by atoms with van der Waals surface area (Å²) in [5.74, 6) is -5.32. The van der Waals surface area contributed by atoms with Crippen molar-refractivity contribution in [1.29, 1.82) is 0 Å². The summed E-state index contributed by atoms with van der Waals surface area (Å²) in [4.78, 5) is 20.0. The van der Waals surface area contributed by atoms with E-state index < -0.39 is 24.3 Å². The monoisotopic (exact) mass is 446 g/mol. The highest BCUT2D eigenvalue weighted by Gasteiger charge is 2.29. The average molecular weight is 446 g/mol. The smallest absolute Gasteiger partial charge is 0.436 e. The molecule has 0 radical (unpaired) electrons. The maximum absolute atomic E-state index is 10.5. The van der Waals surface area contributed by atoms with Crippen molar-refractivity contribution in [3.63, 3.8) is 0 Å². The number of halogens is 6. The highest BCUT2D eigenvalue weighted by molar-refractivity contribution is 5.71. The van der Waals surface area contributed by atoms with Gasteiger partial charge in [0.05, 0.1) is 0 Å². The summed E-state index contributed by atoms with van der Waals surface area (Å²) in [6.45, 7) is 5.13. The van der Waals surface area contributed by atoms with Crippen LogP contribution in [0.2, 0.25) is 0 Å². The van der Waals surface area contributed by atoms with Gasteiger partial charge in [0.15, 0.2) is 0 Å². The molecule has 2 rings (SSSR count). The maximum Gasteiger partial charge on any atom is 0.436 e.